The van der Waals surface area contributed by atoms with Gasteiger partial charge in [-0.25, -0.2) is 19.2 Å². The number of fused-ring (bicyclic) bond motifs is 3. The largest absolute Gasteiger partial charge is 0.457 e. The molecule has 0 aromatic heterocycles. The molecule has 1 aliphatic carbocycles. The number of esters is 1. The van der Waals surface area contributed by atoms with Crippen LogP contribution in [0.25, 0.3) is 11.1 Å². The number of amides is 7. The van der Waals surface area contributed by atoms with Crippen molar-refractivity contribution in [2.75, 3.05) is 51.8 Å². The first-order chi connectivity index (χ1) is 43.3. The van der Waals surface area contributed by atoms with Crippen LogP contribution in [0.5, 0.6) is 0 Å². The molecule has 4 aliphatic rings. The summed E-state index contributed by atoms with van der Waals surface area (Å²) < 4.78 is 35.3. The van der Waals surface area contributed by atoms with Crippen LogP contribution < -0.4 is 27.0 Å². The van der Waals surface area contributed by atoms with Crippen molar-refractivity contribution in [2.24, 2.45) is 23.5 Å². The Hall–Kier alpha value is -7.83. The first-order valence-electron chi connectivity index (χ1n) is 31.5. The van der Waals surface area contributed by atoms with E-state index in [1.165, 1.54) is 16.9 Å². The predicted octanol–water partition coefficient (Wildman–Crippen LogP) is 7.75. The van der Waals surface area contributed by atoms with Gasteiger partial charge in [0, 0.05) is 69.7 Å². The van der Waals surface area contributed by atoms with Gasteiger partial charge >= 0.3 is 30.3 Å². The lowest BCUT2D eigenvalue weighted by Gasteiger charge is -2.38. The summed E-state index contributed by atoms with van der Waals surface area (Å²) in [7, 11) is 1.49. The smallest absolute Gasteiger partial charge is 0.410 e. The average molecular weight is 1260 g/mol. The molecule has 7 amide bonds. The Bertz CT molecular complexity index is 3040. The fourth-order valence-electron chi connectivity index (χ4n) is 11.8. The molecule has 0 saturated carbocycles. The number of allylic oxidation sites excluding steroid dienone is 2. The molecule has 0 bridgehead atoms. The molecule has 3 aromatic carbocycles. The second kappa shape index (κ2) is 32.4. The van der Waals surface area contributed by atoms with Crippen LogP contribution in [-0.2, 0) is 49.4 Å². The molecule has 12 atom stereocenters. The van der Waals surface area contributed by atoms with E-state index < -0.39 is 102 Å². The minimum Gasteiger partial charge on any atom is -0.457 e. The fourth-order valence-corrected chi connectivity index (χ4v) is 11.8. The van der Waals surface area contributed by atoms with E-state index in [4.69, 9.17) is 34.2 Å². The van der Waals surface area contributed by atoms with Crippen LogP contribution in [0.15, 0.2) is 109 Å². The van der Waals surface area contributed by atoms with Crippen molar-refractivity contribution in [2.45, 2.75) is 173 Å². The van der Waals surface area contributed by atoms with E-state index >= 15 is 0 Å². The number of nitrogens with zero attached hydrogens (tertiary/aromatic N) is 2. The number of methoxy groups -OCH3 is 1. The number of nitrogens with two attached hydrogens (primary N) is 1. The van der Waals surface area contributed by atoms with Gasteiger partial charge in [-0.15, -0.1) is 0 Å². The molecule has 496 valence electrons. The Morgan fingerprint density at radius 3 is 2.14 bits per heavy atom. The van der Waals surface area contributed by atoms with Crippen LogP contribution in [0.1, 0.15) is 123 Å². The third kappa shape index (κ3) is 19.8. The average Bonchev–Trinajstić information content (AvgIpc) is 1.87. The zero-order valence-corrected chi connectivity index (χ0v) is 53.8. The number of benzene rings is 3. The van der Waals surface area contributed by atoms with Crippen molar-refractivity contribution in [1.82, 2.24) is 25.8 Å². The van der Waals surface area contributed by atoms with Crippen LogP contribution in [0.2, 0.25) is 0 Å². The number of cyclic esters (lactones) is 1. The van der Waals surface area contributed by atoms with E-state index in [0.29, 0.717) is 29.7 Å². The van der Waals surface area contributed by atoms with Gasteiger partial charge in [0.15, 0.2) is 6.10 Å². The van der Waals surface area contributed by atoms with Crippen molar-refractivity contribution in [3.8, 4) is 11.1 Å². The number of aliphatic hydroxyl groups excluding tert-OH is 2. The highest BCUT2D eigenvalue weighted by Crippen LogP contribution is 2.45. The van der Waals surface area contributed by atoms with Gasteiger partial charge in [0.25, 0.3) is 0 Å². The van der Waals surface area contributed by atoms with Crippen molar-refractivity contribution in [3.05, 3.63) is 125 Å². The molecule has 3 unspecified atom stereocenters. The minimum absolute atomic E-state index is 0.0416. The van der Waals surface area contributed by atoms with Crippen LogP contribution >= 0.6 is 0 Å². The number of rotatable bonds is 24. The van der Waals surface area contributed by atoms with Gasteiger partial charge in [0.1, 0.15) is 37.0 Å². The first-order valence-corrected chi connectivity index (χ1v) is 31.5. The third-order valence-electron chi connectivity index (χ3n) is 17.6. The van der Waals surface area contributed by atoms with Crippen molar-refractivity contribution < 1.29 is 77.3 Å². The number of hydrogen-bond acceptors (Lipinski definition) is 16. The lowest BCUT2D eigenvalue weighted by Crippen LogP contribution is -2.54. The lowest BCUT2D eigenvalue weighted by molar-refractivity contribution is -0.151. The Morgan fingerprint density at radius 1 is 0.890 bits per heavy atom. The van der Waals surface area contributed by atoms with Crippen LogP contribution in [0, 0.1) is 17.8 Å². The molecule has 3 heterocycles. The van der Waals surface area contributed by atoms with E-state index in [2.05, 4.69) is 21.3 Å². The van der Waals surface area contributed by atoms with Crippen molar-refractivity contribution in [1.29, 1.82) is 0 Å². The number of ether oxygens (including phenoxy) is 6. The summed E-state index contributed by atoms with van der Waals surface area (Å²) in [6, 6.07) is 19.5. The van der Waals surface area contributed by atoms with Crippen LogP contribution in [-0.4, -0.2) is 174 Å². The Kier molecular flexibility index (Phi) is 25.2. The number of hydrogen-bond donors (Lipinski definition) is 8. The summed E-state index contributed by atoms with van der Waals surface area (Å²) in [5.74, 6) is -2.88. The summed E-state index contributed by atoms with van der Waals surface area (Å²) in [6.45, 7) is 15.1. The molecular weight excluding hydrogens is 1170 g/mol. The first kappa shape index (κ1) is 70.6. The van der Waals surface area contributed by atoms with Gasteiger partial charge in [0.05, 0.1) is 36.4 Å². The Balaban J connectivity index is 0.897. The highest BCUT2D eigenvalue weighted by atomic mass is 16.6. The van der Waals surface area contributed by atoms with Gasteiger partial charge in [-0.3, -0.25) is 14.4 Å². The highest BCUT2D eigenvalue weighted by Gasteiger charge is 2.47. The fraction of sp³-hybridized carbons (Fsp3) is 0.544. The third-order valence-corrected chi connectivity index (χ3v) is 17.6. The van der Waals surface area contributed by atoms with E-state index in [1.54, 1.807) is 89.3 Å². The summed E-state index contributed by atoms with van der Waals surface area (Å²) in [5, 5.41) is 43.2. The molecule has 3 aromatic rings. The van der Waals surface area contributed by atoms with Crippen LogP contribution in [0.3, 0.4) is 0 Å². The molecule has 91 heavy (non-hydrogen) atoms. The normalized spacial score (nSPS) is 24.3. The molecule has 23 heteroatoms. The zero-order chi connectivity index (χ0) is 66.2. The monoisotopic (exact) mass is 1260 g/mol. The summed E-state index contributed by atoms with van der Waals surface area (Å²) in [6.07, 6.45) is 4.32. The molecule has 7 rings (SSSR count). The Labute approximate surface area is 533 Å². The number of aliphatic hydroxyl groups is 3. The SMILES string of the molecule is CC[C@H](O)[C@@H](C)[C@@H]1O[C@H]1CC(C)(O)/C=C/C=C(\C)[C@H]1OC(=O)C[C@H](O)CC[C@@](C)(OC)[C@@H](OC(=O)N2CCN(C(=O)OCc3ccc(NC(=O)C(CCCNC(N)=O)NC(=O)C(NC(=O)OCC4c5ccccc5-c5ccccc54)C(C)C)cc3)CC2)/C=C/[C@@H]1C. The van der Waals surface area contributed by atoms with Gasteiger partial charge in [0.2, 0.25) is 11.8 Å². The molecule has 2 saturated heterocycles. The number of piperazine rings is 1. The number of carbonyl (C=O) groups excluding carboxylic acids is 7. The van der Waals surface area contributed by atoms with Gasteiger partial charge < -0.3 is 80.5 Å². The quantitative estimate of drug-likeness (QED) is 0.0106. The van der Waals surface area contributed by atoms with E-state index in [9.17, 15) is 48.9 Å². The molecule has 0 radical (unpaired) electrons. The van der Waals surface area contributed by atoms with Gasteiger partial charge in [-0.1, -0.05) is 120 Å². The topological polar surface area (TPSA) is 319 Å². The number of epoxide rings is 1. The van der Waals surface area contributed by atoms with E-state index in [0.717, 1.165) is 22.3 Å². The molecule has 23 nitrogen and oxygen atoms in total. The maximum Gasteiger partial charge on any atom is 0.410 e. The summed E-state index contributed by atoms with van der Waals surface area (Å²) in [4.78, 5) is 95.9. The summed E-state index contributed by atoms with van der Waals surface area (Å²) >= 11 is 0. The van der Waals surface area contributed by atoms with Gasteiger partial charge in [-0.05, 0) is 110 Å². The van der Waals surface area contributed by atoms with E-state index in [-0.39, 0.29) is 102 Å². The number of carbonyl (C=O) groups is 7. The summed E-state index contributed by atoms with van der Waals surface area (Å²) in [5.41, 5.74) is 8.77. The predicted molar refractivity (Wildman–Crippen MR) is 340 cm³/mol. The lowest BCUT2D eigenvalue weighted by atomic mass is 9.88. The molecule has 3 aliphatic heterocycles. The van der Waals surface area contributed by atoms with Crippen LogP contribution in [0.4, 0.5) is 24.9 Å². The zero-order valence-electron chi connectivity index (χ0n) is 53.8. The highest BCUT2D eigenvalue weighted by molar-refractivity contribution is 5.98. The standard InChI is InChI=1S/C68H93N7O16/c1-10-54(77)44(6)60-55(89-60)38-67(7,85)30-15-17-42(4)59-43(5)23-28-56(68(8,86-9)31-29-47(76)37-57(78)91-59)90-66(84)75-35-33-74(34-36-75)65(83)88-39-45-24-26-46(27-25-45)71-61(79)53(22-16-32-70-63(69)81)72-62(80)58(41(2)3)73-64(82)87-40-52-50-20-13-11-18-48(50)49-19-12-14-21-51(49)52/h11-15,17-21,23-28,30,41,43-44,47,52-56,58-60,76-77,85H,10,16,22,29,31-40H2,1-9H3,(H,71,79)(H,72,80)(H,73,82)(H3,69,70,81)/b28-23+,30-15+,42-17+/t43-,44+,47+,53?,54-,55-,56-,58?,59+,60-,67?,68+/m0/s1. The van der Waals surface area contributed by atoms with Gasteiger partial charge in [-0.2, -0.15) is 0 Å². The molecule has 9 N–H and O–H groups in total. The number of urea groups is 1. The maximum absolute atomic E-state index is 13.9. The van der Waals surface area contributed by atoms with Crippen molar-refractivity contribution in [3.63, 3.8) is 0 Å². The Morgan fingerprint density at radius 2 is 1.53 bits per heavy atom. The molecule has 0 spiro atoms. The number of anilines is 1. The van der Waals surface area contributed by atoms with Crippen molar-refractivity contribution >= 4 is 47.8 Å². The molecule has 2 fully saturated rings. The number of primary amides is 1. The molecular formula is C68H93N7O16. The number of nitrogens with one attached hydrogen (secondary N) is 4. The maximum atomic E-state index is 13.9. The number of alkyl carbamates (subject to hydrolysis) is 1. The second-order valence-electron chi connectivity index (χ2n) is 25.1. The second-order valence-corrected chi connectivity index (χ2v) is 25.1. The minimum atomic E-state index is -1.22. The van der Waals surface area contributed by atoms with E-state index in [1.807, 2.05) is 69.3 Å².